The van der Waals surface area contributed by atoms with Gasteiger partial charge in [-0.25, -0.2) is 4.68 Å². The van der Waals surface area contributed by atoms with Gasteiger partial charge < -0.3 is 0 Å². The highest BCUT2D eigenvalue weighted by molar-refractivity contribution is 7.07. The van der Waals surface area contributed by atoms with E-state index in [4.69, 9.17) is 11.6 Å². The summed E-state index contributed by atoms with van der Waals surface area (Å²) in [6.45, 7) is 0. The highest BCUT2D eigenvalue weighted by Crippen LogP contribution is 2.28. The third-order valence-corrected chi connectivity index (χ3v) is 5.24. The second-order valence-electron chi connectivity index (χ2n) is 5.56. The molecule has 0 fully saturated rings. The molecule has 2 aromatic carbocycles. The first-order valence-corrected chi connectivity index (χ1v) is 8.97. The maximum Gasteiger partial charge on any atom is 0.204 e. The summed E-state index contributed by atoms with van der Waals surface area (Å²) in [5, 5.41) is 2.83. The fourth-order valence-electron chi connectivity index (χ4n) is 2.93. The molecule has 0 saturated heterocycles. The second kappa shape index (κ2) is 6.30. The first-order chi connectivity index (χ1) is 11.8. The minimum Gasteiger partial charge on any atom is -0.291 e. The van der Waals surface area contributed by atoms with Crippen LogP contribution in [0.5, 0.6) is 0 Å². The lowest BCUT2D eigenvalue weighted by Gasteiger charge is -2.14. The Balaban J connectivity index is 1.78. The van der Waals surface area contributed by atoms with E-state index in [2.05, 4.69) is 52.2 Å². The fraction of sp³-hybridized carbons (Fsp3) is 0.105. The molecule has 3 aromatic rings. The number of nitrogens with one attached hydrogen (secondary N) is 1. The van der Waals surface area contributed by atoms with Crippen molar-refractivity contribution in [1.29, 1.82) is 0 Å². The zero-order chi connectivity index (χ0) is 16.5. The lowest BCUT2D eigenvalue weighted by Crippen LogP contribution is -2.25. The van der Waals surface area contributed by atoms with Crippen LogP contribution in [-0.4, -0.2) is 11.7 Å². The summed E-state index contributed by atoms with van der Waals surface area (Å²) in [6.07, 6.45) is 3.17. The topological polar surface area (TPSA) is 29.3 Å². The van der Waals surface area contributed by atoms with E-state index in [1.165, 1.54) is 11.1 Å². The normalized spacial score (nSPS) is 13.8. The van der Waals surface area contributed by atoms with Gasteiger partial charge in [0.25, 0.3) is 0 Å². The van der Waals surface area contributed by atoms with Crippen LogP contribution in [0.2, 0.25) is 5.02 Å². The number of allylic oxidation sites excluding steroid dienone is 1. The van der Waals surface area contributed by atoms with E-state index in [0.717, 1.165) is 33.2 Å². The molecule has 1 heterocycles. The summed E-state index contributed by atoms with van der Waals surface area (Å²) in [4.78, 5) is 5.31. The van der Waals surface area contributed by atoms with Crippen molar-refractivity contribution in [2.45, 2.75) is 6.42 Å². The van der Waals surface area contributed by atoms with E-state index in [-0.39, 0.29) is 0 Å². The Kier molecular flexibility index (Phi) is 4.00. The van der Waals surface area contributed by atoms with E-state index in [1.807, 2.05) is 29.9 Å². The highest BCUT2D eigenvalue weighted by Gasteiger charge is 2.16. The third-order valence-electron chi connectivity index (χ3n) is 4.09. The fourth-order valence-corrected chi connectivity index (χ4v) is 3.94. The van der Waals surface area contributed by atoms with E-state index in [0.29, 0.717) is 0 Å². The Morgan fingerprint density at radius 2 is 2.04 bits per heavy atom. The molecule has 1 aromatic heterocycles. The molecule has 3 nitrogen and oxygen atoms in total. The summed E-state index contributed by atoms with van der Waals surface area (Å²) in [7, 11) is 1.81. The maximum absolute atomic E-state index is 6.16. The van der Waals surface area contributed by atoms with Gasteiger partial charge in [-0.05, 0) is 24.1 Å². The number of aromatic nitrogens is 1. The van der Waals surface area contributed by atoms with Crippen LogP contribution >= 0.6 is 22.9 Å². The predicted octanol–water partition coefficient (Wildman–Crippen LogP) is 4.54. The van der Waals surface area contributed by atoms with Gasteiger partial charge in [0.15, 0.2) is 0 Å². The molecule has 1 aliphatic carbocycles. The number of nitrogens with zero attached hydrogens (tertiary/aromatic N) is 2. The number of hydrogen-bond donors (Lipinski definition) is 1. The van der Waals surface area contributed by atoms with Gasteiger partial charge in [-0.15, -0.1) is 11.3 Å². The van der Waals surface area contributed by atoms with Gasteiger partial charge >= 0.3 is 0 Å². The van der Waals surface area contributed by atoms with Crippen molar-refractivity contribution >= 4 is 28.6 Å². The van der Waals surface area contributed by atoms with Crippen LogP contribution in [0, 0.1) is 0 Å². The van der Waals surface area contributed by atoms with Crippen molar-refractivity contribution in [3.05, 3.63) is 80.9 Å². The van der Waals surface area contributed by atoms with Crippen molar-refractivity contribution in [3.63, 3.8) is 0 Å². The third kappa shape index (κ3) is 2.68. The number of hydrogen-bond acceptors (Lipinski definition) is 3. The zero-order valence-electron chi connectivity index (χ0n) is 13.2. The Morgan fingerprint density at radius 1 is 1.17 bits per heavy atom. The second-order valence-corrected chi connectivity index (χ2v) is 6.84. The number of rotatable bonds is 3. The molecule has 0 radical (unpaired) electrons. The van der Waals surface area contributed by atoms with Crippen LogP contribution in [0.3, 0.4) is 0 Å². The first-order valence-electron chi connectivity index (χ1n) is 7.71. The predicted molar refractivity (Wildman–Crippen MR) is 102 cm³/mol. The average Bonchev–Trinajstić information content (AvgIpc) is 3.20. The van der Waals surface area contributed by atoms with E-state index >= 15 is 0 Å². The molecule has 0 spiro atoms. The monoisotopic (exact) mass is 353 g/mol. The zero-order valence-corrected chi connectivity index (χ0v) is 14.7. The molecule has 4 rings (SSSR count). The lowest BCUT2D eigenvalue weighted by molar-refractivity contribution is 0.918. The quantitative estimate of drug-likeness (QED) is 0.735. The maximum atomic E-state index is 6.16. The molecule has 24 heavy (non-hydrogen) atoms. The smallest absolute Gasteiger partial charge is 0.204 e. The molecular weight excluding hydrogens is 338 g/mol. The van der Waals surface area contributed by atoms with Crippen molar-refractivity contribution in [1.82, 2.24) is 4.68 Å². The summed E-state index contributed by atoms with van der Waals surface area (Å²) in [5.41, 5.74) is 9.35. The van der Waals surface area contributed by atoms with Crippen LogP contribution in [0.15, 0.2) is 65.0 Å². The summed E-state index contributed by atoms with van der Waals surface area (Å²) >= 11 is 7.77. The molecule has 0 atom stereocenters. The molecule has 0 amide bonds. The molecule has 0 saturated carbocycles. The summed E-state index contributed by atoms with van der Waals surface area (Å²) in [5.74, 6) is 0. The van der Waals surface area contributed by atoms with Gasteiger partial charge in [-0.1, -0.05) is 54.1 Å². The number of benzene rings is 2. The summed E-state index contributed by atoms with van der Waals surface area (Å²) < 4.78 is 2.03. The molecule has 1 aliphatic rings. The Labute approximate surface area is 149 Å². The minimum absolute atomic E-state index is 0.727. The molecule has 0 aliphatic heterocycles. The van der Waals surface area contributed by atoms with Crippen LogP contribution in [0.1, 0.15) is 11.1 Å². The number of fused-ring (bicyclic) bond motifs is 1. The molecule has 0 unspecified atom stereocenters. The van der Waals surface area contributed by atoms with Crippen molar-refractivity contribution in [2.24, 2.45) is 4.99 Å². The minimum atomic E-state index is 0.727. The van der Waals surface area contributed by atoms with E-state index < -0.39 is 0 Å². The number of thiazole rings is 1. The van der Waals surface area contributed by atoms with Gasteiger partial charge in [0, 0.05) is 28.6 Å². The first kappa shape index (κ1) is 15.2. The van der Waals surface area contributed by atoms with E-state index in [1.54, 1.807) is 11.3 Å². The van der Waals surface area contributed by atoms with E-state index in [9.17, 15) is 0 Å². The lowest BCUT2D eigenvalue weighted by atomic mass is 10.1. The Bertz CT molecular complexity index is 998. The standard InChI is InChI=1S/C19H16ClN3S/c1-21-19-23(18(12-24-19)14-6-4-7-15(20)11-14)22-17-10-9-13-5-2-3-8-16(13)17/h2-8,10-12,22H,9H2,1H3. The average molecular weight is 354 g/mol. The largest absolute Gasteiger partial charge is 0.291 e. The van der Waals surface area contributed by atoms with Gasteiger partial charge in [-0.2, -0.15) is 0 Å². The Hall–Kier alpha value is -2.30. The van der Waals surface area contributed by atoms with Crippen molar-refractivity contribution < 1.29 is 0 Å². The van der Waals surface area contributed by atoms with Crippen LogP contribution < -0.4 is 10.2 Å². The van der Waals surface area contributed by atoms with Crippen LogP contribution in [0.4, 0.5) is 0 Å². The molecule has 0 bridgehead atoms. The van der Waals surface area contributed by atoms with Crippen LogP contribution in [-0.2, 0) is 6.42 Å². The molecular formula is C19H16ClN3S. The van der Waals surface area contributed by atoms with Gasteiger partial charge in [0.1, 0.15) is 0 Å². The Morgan fingerprint density at radius 3 is 2.88 bits per heavy atom. The number of halogens is 1. The van der Waals surface area contributed by atoms with Gasteiger partial charge in [-0.3, -0.25) is 10.4 Å². The molecule has 120 valence electrons. The SMILES string of the molecule is CN=c1scc(-c2cccc(Cl)c2)n1NC1=CCc2ccccc21. The van der Waals surface area contributed by atoms with Crippen molar-refractivity contribution in [2.75, 3.05) is 12.5 Å². The molecule has 1 N–H and O–H groups in total. The van der Waals surface area contributed by atoms with Gasteiger partial charge in [0.05, 0.1) is 11.4 Å². The molecule has 5 heteroatoms. The summed E-state index contributed by atoms with van der Waals surface area (Å²) in [6, 6.07) is 16.3. The van der Waals surface area contributed by atoms with Crippen LogP contribution in [0.25, 0.3) is 17.0 Å². The highest BCUT2D eigenvalue weighted by atomic mass is 35.5. The van der Waals surface area contributed by atoms with Crippen molar-refractivity contribution in [3.8, 4) is 11.3 Å². The van der Waals surface area contributed by atoms with Gasteiger partial charge in [0.2, 0.25) is 4.80 Å².